The van der Waals surface area contributed by atoms with Crippen molar-refractivity contribution >= 4 is 5.95 Å². The van der Waals surface area contributed by atoms with Crippen molar-refractivity contribution in [2.45, 2.75) is 13.5 Å². The summed E-state index contributed by atoms with van der Waals surface area (Å²) in [6, 6.07) is 7.84. The minimum Gasteiger partial charge on any atom is -0.390 e. The second kappa shape index (κ2) is 5.12. The maximum absolute atomic E-state index is 10.5. The van der Waals surface area contributed by atoms with Gasteiger partial charge in [-0.05, 0) is 24.0 Å². The Bertz CT molecular complexity index is 775. The molecule has 0 amide bonds. The molecule has 9 heteroatoms. The van der Waals surface area contributed by atoms with Crippen LogP contribution in [0.2, 0.25) is 0 Å². The summed E-state index contributed by atoms with van der Waals surface area (Å²) in [5.41, 5.74) is 2.69. The van der Waals surface area contributed by atoms with E-state index < -0.39 is 10.9 Å². The third-order valence-electron chi connectivity index (χ3n) is 2.85. The van der Waals surface area contributed by atoms with E-state index in [1.54, 1.807) is 10.9 Å². The fourth-order valence-electron chi connectivity index (χ4n) is 1.81. The number of hydrogen-bond acceptors (Lipinski definition) is 6. The summed E-state index contributed by atoms with van der Waals surface area (Å²) < 4.78 is 2.99. The van der Waals surface area contributed by atoms with Crippen LogP contribution in [0.4, 0.5) is 5.95 Å². The van der Waals surface area contributed by atoms with Gasteiger partial charge < -0.3 is 10.1 Å². The summed E-state index contributed by atoms with van der Waals surface area (Å²) in [6.07, 6.45) is 3.04. The Morgan fingerprint density at radius 1 is 1.29 bits per heavy atom. The highest BCUT2D eigenvalue weighted by molar-refractivity contribution is 5.33. The first-order valence-electron chi connectivity index (χ1n) is 6.14. The standard InChI is InChI=1S/C12H11N7O2/c1-9-2-4-11(5-3-9)18-7-10(14-16-18)6-17-8-13-12(15-17)19(20)21/h2-5,7-8H,6H2,1H3. The molecule has 0 saturated heterocycles. The number of nitrogens with zero attached hydrogens (tertiary/aromatic N) is 7. The van der Waals surface area contributed by atoms with E-state index in [1.807, 2.05) is 31.2 Å². The maximum Gasteiger partial charge on any atom is 0.490 e. The fourth-order valence-corrected chi connectivity index (χ4v) is 1.81. The van der Waals surface area contributed by atoms with Gasteiger partial charge in [0.1, 0.15) is 12.2 Å². The van der Waals surface area contributed by atoms with Gasteiger partial charge in [-0.2, -0.15) is 4.68 Å². The lowest BCUT2D eigenvalue weighted by Crippen LogP contribution is -2.01. The van der Waals surface area contributed by atoms with Crippen LogP contribution in [0, 0.1) is 17.0 Å². The molecule has 2 aromatic heterocycles. The van der Waals surface area contributed by atoms with Crippen LogP contribution < -0.4 is 0 Å². The molecule has 3 aromatic rings. The van der Waals surface area contributed by atoms with Crippen molar-refractivity contribution in [3.05, 3.63) is 58.2 Å². The Kier molecular flexibility index (Phi) is 3.14. The molecule has 0 aliphatic carbocycles. The van der Waals surface area contributed by atoms with E-state index in [0.29, 0.717) is 5.69 Å². The first kappa shape index (κ1) is 12.9. The molecule has 0 aliphatic rings. The summed E-state index contributed by atoms with van der Waals surface area (Å²) in [5, 5.41) is 22.3. The smallest absolute Gasteiger partial charge is 0.390 e. The van der Waals surface area contributed by atoms with Crippen LogP contribution >= 0.6 is 0 Å². The molecule has 106 valence electrons. The molecule has 0 radical (unpaired) electrons. The van der Waals surface area contributed by atoms with Crippen LogP contribution in [-0.4, -0.2) is 34.7 Å². The molecule has 0 fully saturated rings. The van der Waals surface area contributed by atoms with Crippen molar-refractivity contribution in [3.63, 3.8) is 0 Å². The number of benzene rings is 1. The Morgan fingerprint density at radius 3 is 2.71 bits per heavy atom. The van der Waals surface area contributed by atoms with Gasteiger partial charge in [0.05, 0.1) is 11.9 Å². The molecule has 1 aromatic carbocycles. The zero-order valence-corrected chi connectivity index (χ0v) is 11.1. The Hall–Kier alpha value is -3.10. The minimum absolute atomic E-state index is 0.271. The lowest BCUT2D eigenvalue weighted by atomic mass is 10.2. The molecule has 0 N–H and O–H groups in total. The van der Waals surface area contributed by atoms with Crippen LogP contribution in [0.5, 0.6) is 0 Å². The van der Waals surface area contributed by atoms with Gasteiger partial charge in [-0.3, -0.25) is 0 Å². The molecule has 0 unspecified atom stereocenters. The van der Waals surface area contributed by atoms with Crippen molar-refractivity contribution in [3.8, 4) is 5.69 Å². The van der Waals surface area contributed by atoms with Gasteiger partial charge in [0, 0.05) is 5.10 Å². The van der Waals surface area contributed by atoms with Gasteiger partial charge in [0.15, 0.2) is 0 Å². The first-order chi connectivity index (χ1) is 10.1. The predicted molar refractivity (Wildman–Crippen MR) is 71.9 cm³/mol. The van der Waals surface area contributed by atoms with Gasteiger partial charge in [0.25, 0.3) is 0 Å². The normalized spacial score (nSPS) is 10.7. The van der Waals surface area contributed by atoms with Crippen LogP contribution in [0.3, 0.4) is 0 Å². The lowest BCUT2D eigenvalue weighted by molar-refractivity contribution is -0.394. The number of hydrogen-bond donors (Lipinski definition) is 0. The highest BCUT2D eigenvalue weighted by Gasteiger charge is 2.14. The molecule has 0 saturated carbocycles. The molecular weight excluding hydrogens is 274 g/mol. The van der Waals surface area contributed by atoms with Crippen LogP contribution in [0.15, 0.2) is 36.8 Å². The summed E-state index contributed by atoms with van der Waals surface area (Å²) in [6.45, 7) is 2.28. The molecule has 0 spiro atoms. The van der Waals surface area contributed by atoms with Gasteiger partial charge in [0.2, 0.25) is 6.33 Å². The summed E-state index contributed by atoms with van der Waals surface area (Å²) >= 11 is 0. The monoisotopic (exact) mass is 285 g/mol. The van der Waals surface area contributed by atoms with Crippen molar-refractivity contribution in [1.29, 1.82) is 0 Å². The van der Waals surface area contributed by atoms with E-state index in [0.717, 1.165) is 11.3 Å². The zero-order valence-electron chi connectivity index (χ0n) is 11.1. The van der Waals surface area contributed by atoms with E-state index in [1.165, 1.54) is 11.0 Å². The van der Waals surface area contributed by atoms with E-state index in [4.69, 9.17) is 0 Å². The summed E-state index contributed by atoms with van der Waals surface area (Å²) in [5.74, 6) is -0.430. The van der Waals surface area contributed by atoms with Crippen molar-refractivity contribution in [2.75, 3.05) is 0 Å². The van der Waals surface area contributed by atoms with Crippen LogP contribution in [-0.2, 0) is 6.54 Å². The quantitative estimate of drug-likeness (QED) is 0.525. The highest BCUT2D eigenvalue weighted by Crippen LogP contribution is 2.09. The molecule has 0 bridgehead atoms. The third kappa shape index (κ3) is 2.76. The van der Waals surface area contributed by atoms with E-state index in [2.05, 4.69) is 20.4 Å². The average molecular weight is 285 g/mol. The first-order valence-corrected chi connectivity index (χ1v) is 6.14. The predicted octanol–water partition coefficient (Wildman–Crippen LogP) is 1.12. The highest BCUT2D eigenvalue weighted by atomic mass is 16.6. The largest absolute Gasteiger partial charge is 0.490 e. The fraction of sp³-hybridized carbons (Fsp3) is 0.167. The van der Waals surface area contributed by atoms with Crippen LogP contribution in [0.1, 0.15) is 11.3 Å². The van der Waals surface area contributed by atoms with Gasteiger partial charge in [-0.15, -0.1) is 5.10 Å². The Morgan fingerprint density at radius 2 is 2.05 bits per heavy atom. The van der Waals surface area contributed by atoms with Crippen molar-refractivity contribution < 1.29 is 4.92 Å². The number of rotatable bonds is 4. The van der Waals surface area contributed by atoms with Gasteiger partial charge in [-0.1, -0.05) is 27.9 Å². The third-order valence-corrected chi connectivity index (χ3v) is 2.85. The maximum atomic E-state index is 10.5. The summed E-state index contributed by atoms with van der Waals surface area (Å²) in [7, 11) is 0. The van der Waals surface area contributed by atoms with Crippen molar-refractivity contribution in [1.82, 2.24) is 29.8 Å². The van der Waals surface area contributed by atoms with E-state index >= 15 is 0 Å². The number of aromatic nitrogens is 6. The SMILES string of the molecule is Cc1ccc(-n2cc(Cn3cnc([N+](=O)[O-])n3)nn2)cc1. The molecular formula is C12H11N7O2. The molecule has 3 rings (SSSR count). The van der Waals surface area contributed by atoms with Gasteiger partial charge >= 0.3 is 5.95 Å². The second-order valence-corrected chi connectivity index (χ2v) is 4.49. The Labute approximate surface area is 119 Å². The molecule has 21 heavy (non-hydrogen) atoms. The topological polar surface area (TPSA) is 105 Å². The number of nitro groups is 1. The molecule has 0 atom stereocenters. The average Bonchev–Trinajstić information content (AvgIpc) is 3.10. The molecule has 2 heterocycles. The van der Waals surface area contributed by atoms with E-state index in [-0.39, 0.29) is 6.54 Å². The zero-order chi connectivity index (χ0) is 14.8. The van der Waals surface area contributed by atoms with Crippen LogP contribution in [0.25, 0.3) is 5.69 Å². The van der Waals surface area contributed by atoms with E-state index in [9.17, 15) is 10.1 Å². The van der Waals surface area contributed by atoms with Gasteiger partial charge in [-0.25, -0.2) is 4.68 Å². The molecule has 0 aliphatic heterocycles. The minimum atomic E-state index is -0.639. The second-order valence-electron chi connectivity index (χ2n) is 4.49. The Balaban J connectivity index is 1.78. The molecule has 9 nitrogen and oxygen atoms in total. The number of aryl methyl sites for hydroxylation is 1. The van der Waals surface area contributed by atoms with Crippen molar-refractivity contribution in [2.24, 2.45) is 0 Å². The summed E-state index contributed by atoms with van der Waals surface area (Å²) in [4.78, 5) is 13.5. The lowest BCUT2D eigenvalue weighted by Gasteiger charge is -1.99.